The Bertz CT molecular complexity index is 761. The smallest absolute Gasteiger partial charge is 0.322 e. The van der Waals surface area contributed by atoms with Crippen molar-refractivity contribution in [2.75, 3.05) is 12.1 Å². The average molecular weight is 342 g/mol. The molecule has 6 heteroatoms. The third-order valence-corrected chi connectivity index (χ3v) is 3.81. The maximum Gasteiger partial charge on any atom is 0.322 e. The summed E-state index contributed by atoms with van der Waals surface area (Å²) in [6.45, 7) is 6.20. The van der Waals surface area contributed by atoms with Crippen molar-refractivity contribution in [3.63, 3.8) is 0 Å². The molecule has 0 spiro atoms. The number of amides is 2. The van der Waals surface area contributed by atoms with Crippen LogP contribution in [0, 0.1) is 0 Å². The largest absolute Gasteiger partial charge is 0.471 e. The minimum atomic E-state index is -0.478. The van der Waals surface area contributed by atoms with E-state index in [-0.39, 0.29) is 12.8 Å². The normalized spacial score (nSPS) is 13.4. The molecule has 1 aliphatic rings. The number of anilines is 1. The maximum absolute atomic E-state index is 12.2. The molecule has 25 heavy (non-hydrogen) atoms. The molecule has 0 bridgehead atoms. The molecule has 0 saturated carbocycles. The van der Waals surface area contributed by atoms with Crippen LogP contribution in [0.1, 0.15) is 32.3 Å². The van der Waals surface area contributed by atoms with E-state index >= 15 is 0 Å². The molecule has 2 aromatic carbocycles. The lowest BCUT2D eigenvalue weighted by Gasteiger charge is -2.20. The van der Waals surface area contributed by atoms with E-state index in [2.05, 4.69) is 24.5 Å². The molecule has 2 N–H and O–H groups in total. The molecule has 6 nitrogen and oxygen atoms in total. The summed E-state index contributed by atoms with van der Waals surface area (Å²) >= 11 is 0. The van der Waals surface area contributed by atoms with Gasteiger partial charge in [0, 0.05) is 11.8 Å². The maximum atomic E-state index is 12.2. The first kappa shape index (κ1) is 17.0. The Morgan fingerprint density at radius 3 is 2.64 bits per heavy atom. The number of benzene rings is 2. The van der Waals surface area contributed by atoms with E-state index in [4.69, 9.17) is 14.2 Å². The first-order valence-electron chi connectivity index (χ1n) is 8.25. The molecule has 0 aliphatic carbocycles. The molecule has 0 saturated heterocycles. The van der Waals surface area contributed by atoms with E-state index in [1.807, 2.05) is 24.3 Å². The average Bonchev–Trinajstić information content (AvgIpc) is 3.02. The Morgan fingerprint density at radius 2 is 1.84 bits per heavy atom. The Kier molecular flexibility index (Phi) is 4.97. The lowest BCUT2D eigenvalue weighted by molar-refractivity contribution is 0.174. The zero-order valence-electron chi connectivity index (χ0n) is 14.5. The predicted octanol–water partition coefficient (Wildman–Crippen LogP) is 4.09. The van der Waals surface area contributed by atoms with Crippen molar-refractivity contribution in [2.45, 2.75) is 32.9 Å². The SMILES string of the molecule is CC(NC(=O)Nc1ccc2c(c1)OCO2)Oc1ccccc1C(C)C. The van der Waals surface area contributed by atoms with Gasteiger partial charge < -0.3 is 24.8 Å². The molecule has 1 atom stereocenters. The van der Waals surface area contributed by atoms with Crippen molar-refractivity contribution < 1.29 is 19.0 Å². The number of carbonyl (C=O) groups is 1. The summed E-state index contributed by atoms with van der Waals surface area (Å²) in [5, 5.41) is 5.53. The Hall–Kier alpha value is -2.89. The molecule has 2 aromatic rings. The summed E-state index contributed by atoms with van der Waals surface area (Å²) < 4.78 is 16.4. The van der Waals surface area contributed by atoms with Gasteiger partial charge in [0.25, 0.3) is 0 Å². The second-order valence-corrected chi connectivity index (χ2v) is 6.12. The molecule has 0 aromatic heterocycles. The molecular weight excluding hydrogens is 320 g/mol. The van der Waals surface area contributed by atoms with Crippen LogP contribution in [0.5, 0.6) is 17.2 Å². The van der Waals surface area contributed by atoms with Gasteiger partial charge in [0.1, 0.15) is 5.75 Å². The molecule has 1 aliphatic heterocycles. The highest BCUT2D eigenvalue weighted by atomic mass is 16.7. The number of rotatable bonds is 5. The van der Waals surface area contributed by atoms with E-state index in [0.717, 1.165) is 11.3 Å². The van der Waals surface area contributed by atoms with Crippen molar-refractivity contribution >= 4 is 11.7 Å². The van der Waals surface area contributed by atoms with E-state index in [1.54, 1.807) is 25.1 Å². The highest BCUT2D eigenvalue weighted by Crippen LogP contribution is 2.34. The summed E-state index contributed by atoms with van der Waals surface area (Å²) in [6, 6.07) is 12.7. The van der Waals surface area contributed by atoms with Crippen molar-refractivity contribution in [3.8, 4) is 17.2 Å². The van der Waals surface area contributed by atoms with Gasteiger partial charge >= 0.3 is 6.03 Å². The third-order valence-electron chi connectivity index (χ3n) is 3.81. The third kappa shape index (κ3) is 4.15. The van der Waals surface area contributed by atoms with Crippen molar-refractivity contribution in [3.05, 3.63) is 48.0 Å². The fourth-order valence-corrected chi connectivity index (χ4v) is 2.61. The van der Waals surface area contributed by atoms with Crippen molar-refractivity contribution in [2.24, 2.45) is 0 Å². The van der Waals surface area contributed by atoms with Crippen LogP contribution >= 0.6 is 0 Å². The minimum absolute atomic E-state index is 0.200. The topological polar surface area (TPSA) is 68.8 Å². The number of para-hydroxylation sites is 1. The zero-order chi connectivity index (χ0) is 17.8. The highest BCUT2D eigenvalue weighted by Gasteiger charge is 2.16. The number of hydrogen-bond acceptors (Lipinski definition) is 4. The highest BCUT2D eigenvalue weighted by molar-refractivity contribution is 5.89. The Labute approximate surface area is 147 Å². The first-order chi connectivity index (χ1) is 12.0. The van der Waals surface area contributed by atoms with Crippen LogP contribution in [-0.4, -0.2) is 19.1 Å². The van der Waals surface area contributed by atoms with Gasteiger partial charge in [-0.1, -0.05) is 32.0 Å². The van der Waals surface area contributed by atoms with E-state index in [0.29, 0.717) is 23.1 Å². The van der Waals surface area contributed by atoms with E-state index in [9.17, 15) is 4.79 Å². The number of fused-ring (bicyclic) bond motifs is 1. The van der Waals surface area contributed by atoms with Gasteiger partial charge in [-0.2, -0.15) is 0 Å². The van der Waals surface area contributed by atoms with Gasteiger partial charge in [-0.25, -0.2) is 4.79 Å². The van der Waals surface area contributed by atoms with Crippen LogP contribution in [0.4, 0.5) is 10.5 Å². The number of carbonyl (C=O) groups excluding carboxylic acids is 1. The molecule has 0 fully saturated rings. The summed E-state index contributed by atoms with van der Waals surface area (Å²) in [6.07, 6.45) is -0.478. The van der Waals surface area contributed by atoms with Crippen LogP contribution in [0.25, 0.3) is 0 Å². The van der Waals surface area contributed by atoms with Gasteiger partial charge in [0.15, 0.2) is 17.7 Å². The van der Waals surface area contributed by atoms with Crippen LogP contribution in [-0.2, 0) is 0 Å². The number of nitrogens with one attached hydrogen (secondary N) is 2. The van der Waals surface area contributed by atoms with Crippen LogP contribution in [0.3, 0.4) is 0 Å². The molecule has 1 heterocycles. The molecule has 3 rings (SSSR count). The summed E-state index contributed by atoms with van der Waals surface area (Å²) in [7, 11) is 0. The van der Waals surface area contributed by atoms with Gasteiger partial charge in [-0.05, 0) is 36.6 Å². The summed E-state index contributed by atoms with van der Waals surface area (Å²) in [5.41, 5.74) is 1.73. The second kappa shape index (κ2) is 7.34. The molecule has 2 amide bonds. The number of ether oxygens (including phenoxy) is 3. The van der Waals surface area contributed by atoms with Crippen LogP contribution in [0.2, 0.25) is 0 Å². The van der Waals surface area contributed by atoms with Crippen LogP contribution in [0.15, 0.2) is 42.5 Å². The van der Waals surface area contributed by atoms with Crippen molar-refractivity contribution in [1.29, 1.82) is 0 Å². The molecule has 0 radical (unpaired) electrons. The van der Waals surface area contributed by atoms with Gasteiger partial charge in [-0.3, -0.25) is 0 Å². The number of hydrogen-bond donors (Lipinski definition) is 2. The first-order valence-corrected chi connectivity index (χ1v) is 8.25. The lowest BCUT2D eigenvalue weighted by atomic mass is 10.0. The van der Waals surface area contributed by atoms with E-state index in [1.165, 1.54) is 0 Å². The quantitative estimate of drug-likeness (QED) is 0.803. The Morgan fingerprint density at radius 1 is 1.08 bits per heavy atom. The predicted molar refractivity (Wildman–Crippen MR) is 95.3 cm³/mol. The molecule has 1 unspecified atom stereocenters. The monoisotopic (exact) mass is 342 g/mol. The van der Waals surface area contributed by atoms with Crippen LogP contribution < -0.4 is 24.8 Å². The zero-order valence-corrected chi connectivity index (χ0v) is 14.5. The minimum Gasteiger partial charge on any atom is -0.471 e. The van der Waals surface area contributed by atoms with Gasteiger partial charge in [-0.15, -0.1) is 0 Å². The lowest BCUT2D eigenvalue weighted by Crippen LogP contribution is -2.39. The number of urea groups is 1. The second-order valence-electron chi connectivity index (χ2n) is 6.12. The van der Waals surface area contributed by atoms with Crippen molar-refractivity contribution in [1.82, 2.24) is 5.32 Å². The fraction of sp³-hybridized carbons (Fsp3) is 0.316. The van der Waals surface area contributed by atoms with E-state index < -0.39 is 6.23 Å². The summed E-state index contributed by atoms with van der Waals surface area (Å²) in [4.78, 5) is 12.2. The fourth-order valence-electron chi connectivity index (χ4n) is 2.61. The molecular formula is C19H22N2O4. The van der Waals surface area contributed by atoms with Gasteiger partial charge in [0.05, 0.1) is 0 Å². The standard InChI is InChI=1S/C19H22N2O4/c1-12(2)15-6-4-5-7-16(15)25-13(3)20-19(22)21-14-8-9-17-18(10-14)24-11-23-17/h4-10,12-13H,11H2,1-3H3,(H2,20,21,22). The van der Waals surface area contributed by atoms with Gasteiger partial charge in [0.2, 0.25) is 6.79 Å². The summed E-state index contributed by atoms with van der Waals surface area (Å²) in [5.74, 6) is 2.40. The Balaban J connectivity index is 1.58. The molecule has 132 valence electrons.